The quantitative estimate of drug-likeness (QED) is 0.732. The molecular weight excluding hydrogens is 260 g/mol. The monoisotopic (exact) mass is 274 g/mol. The van der Waals surface area contributed by atoms with E-state index in [0.717, 1.165) is 11.6 Å². The largest absolute Gasteiger partial charge is 0.512 e. The van der Waals surface area contributed by atoms with Crippen LogP contribution in [0.15, 0.2) is 35.6 Å². The van der Waals surface area contributed by atoms with Gasteiger partial charge in [-0.1, -0.05) is 6.08 Å². The molecule has 5 heteroatoms. The third-order valence-corrected chi connectivity index (χ3v) is 3.56. The van der Waals surface area contributed by atoms with Crippen molar-refractivity contribution < 1.29 is 24.9 Å². The second kappa shape index (κ2) is 4.59. The van der Waals surface area contributed by atoms with Crippen molar-refractivity contribution in [1.82, 2.24) is 0 Å². The fourth-order valence-electron chi connectivity index (χ4n) is 2.54. The summed E-state index contributed by atoms with van der Waals surface area (Å²) in [6.07, 6.45) is 4.23. The highest BCUT2D eigenvalue weighted by Gasteiger charge is 2.32. The minimum Gasteiger partial charge on any atom is -0.512 e. The summed E-state index contributed by atoms with van der Waals surface area (Å²) in [6.45, 7) is 0. The van der Waals surface area contributed by atoms with E-state index >= 15 is 0 Å². The van der Waals surface area contributed by atoms with Crippen LogP contribution in [0.3, 0.4) is 0 Å². The number of ketones is 1. The molecule has 0 fully saturated rings. The summed E-state index contributed by atoms with van der Waals surface area (Å²) < 4.78 is 5.72. The lowest BCUT2D eigenvalue weighted by molar-refractivity contribution is 0.0877. The molecule has 1 aromatic rings. The van der Waals surface area contributed by atoms with E-state index in [1.165, 1.54) is 6.07 Å². The minimum atomic E-state index is -0.416. The second-order valence-corrected chi connectivity index (χ2v) is 4.97. The number of carbonyl (C=O) groups is 1. The van der Waals surface area contributed by atoms with Crippen LogP contribution in [0.4, 0.5) is 0 Å². The summed E-state index contributed by atoms with van der Waals surface area (Å²) in [6, 6.07) is 2.46. The van der Waals surface area contributed by atoms with Gasteiger partial charge in [-0.05, 0) is 18.1 Å². The highest BCUT2D eigenvalue weighted by molar-refractivity contribution is 6.02. The average molecular weight is 274 g/mol. The molecule has 0 spiro atoms. The van der Waals surface area contributed by atoms with Crippen molar-refractivity contribution in [2.75, 3.05) is 0 Å². The number of rotatable bonds is 1. The first-order valence-corrected chi connectivity index (χ1v) is 6.39. The van der Waals surface area contributed by atoms with Crippen LogP contribution in [0, 0.1) is 0 Å². The summed E-state index contributed by atoms with van der Waals surface area (Å²) in [7, 11) is 0. The molecule has 1 aromatic carbocycles. The number of benzene rings is 1. The van der Waals surface area contributed by atoms with Crippen molar-refractivity contribution in [3.05, 3.63) is 41.2 Å². The number of hydrogen-bond acceptors (Lipinski definition) is 5. The van der Waals surface area contributed by atoms with E-state index in [9.17, 15) is 20.1 Å². The smallest absolute Gasteiger partial charge is 0.174 e. The lowest BCUT2D eigenvalue weighted by Gasteiger charge is -2.28. The summed E-state index contributed by atoms with van der Waals surface area (Å²) in [5, 5.41) is 28.5. The maximum atomic E-state index is 12.1. The molecule has 2 aliphatic rings. The fraction of sp³-hybridized carbons (Fsp3) is 0.267. The molecule has 0 radical (unpaired) electrons. The van der Waals surface area contributed by atoms with E-state index in [1.807, 2.05) is 0 Å². The number of aliphatic hydroxyl groups excluding tert-OH is 1. The Labute approximate surface area is 115 Å². The first-order chi connectivity index (χ1) is 9.54. The molecule has 1 heterocycles. The number of phenolic OH excluding ortho intramolecular Hbond substituents is 2. The van der Waals surface area contributed by atoms with Gasteiger partial charge in [0, 0.05) is 18.6 Å². The number of aliphatic hydroxyl groups is 1. The molecule has 3 rings (SSSR count). The number of aromatic hydroxyl groups is 2. The van der Waals surface area contributed by atoms with Crippen molar-refractivity contribution in [2.24, 2.45) is 0 Å². The summed E-state index contributed by atoms with van der Waals surface area (Å²) in [5.74, 6) is -0.119. The maximum Gasteiger partial charge on any atom is 0.174 e. The van der Waals surface area contributed by atoms with E-state index in [0.29, 0.717) is 18.6 Å². The van der Waals surface area contributed by atoms with Crippen LogP contribution in [0.5, 0.6) is 17.2 Å². The molecule has 20 heavy (non-hydrogen) atoms. The van der Waals surface area contributed by atoms with E-state index in [-0.39, 0.29) is 35.0 Å². The molecule has 0 bridgehead atoms. The number of phenols is 2. The van der Waals surface area contributed by atoms with Crippen molar-refractivity contribution in [3.63, 3.8) is 0 Å². The fourth-order valence-corrected chi connectivity index (χ4v) is 2.54. The second-order valence-electron chi connectivity index (χ2n) is 4.97. The van der Waals surface area contributed by atoms with Crippen LogP contribution in [0.2, 0.25) is 0 Å². The predicted molar refractivity (Wildman–Crippen MR) is 71.2 cm³/mol. The van der Waals surface area contributed by atoms with Crippen LogP contribution in [-0.2, 0) is 0 Å². The highest BCUT2D eigenvalue weighted by atomic mass is 16.5. The van der Waals surface area contributed by atoms with Gasteiger partial charge in [-0.25, -0.2) is 0 Å². The standard InChI is InChI=1S/C15H14O5/c16-9-3-1-8(2-4-9)13-7-12(19)15-11(18)5-10(17)6-14(15)20-13/h1,3,5-6,13,16-18H,2,4,7H2. The van der Waals surface area contributed by atoms with Crippen molar-refractivity contribution in [3.8, 4) is 17.2 Å². The Hall–Kier alpha value is -2.43. The molecule has 0 saturated heterocycles. The van der Waals surface area contributed by atoms with Crippen LogP contribution in [0.25, 0.3) is 0 Å². The normalized spacial score (nSPS) is 21.6. The van der Waals surface area contributed by atoms with E-state index in [2.05, 4.69) is 0 Å². The molecule has 104 valence electrons. The van der Waals surface area contributed by atoms with E-state index in [1.54, 1.807) is 12.2 Å². The maximum absolute atomic E-state index is 12.1. The van der Waals surface area contributed by atoms with Crippen LogP contribution < -0.4 is 4.74 Å². The van der Waals surface area contributed by atoms with Crippen molar-refractivity contribution >= 4 is 5.78 Å². The number of allylic oxidation sites excluding steroid dienone is 3. The first kappa shape index (κ1) is 12.6. The molecule has 1 unspecified atom stereocenters. The zero-order chi connectivity index (χ0) is 14.3. The number of hydrogen-bond donors (Lipinski definition) is 3. The van der Waals surface area contributed by atoms with Gasteiger partial charge in [-0.15, -0.1) is 0 Å². The lowest BCUT2D eigenvalue weighted by Crippen LogP contribution is -2.29. The zero-order valence-electron chi connectivity index (χ0n) is 10.7. The Balaban J connectivity index is 1.95. The molecule has 1 aliphatic heterocycles. The molecule has 1 aliphatic carbocycles. The Bertz CT molecular complexity index is 642. The molecule has 1 atom stereocenters. The van der Waals surface area contributed by atoms with Gasteiger partial charge in [0.2, 0.25) is 0 Å². The summed E-state index contributed by atoms with van der Waals surface area (Å²) >= 11 is 0. The van der Waals surface area contributed by atoms with Crippen molar-refractivity contribution in [1.29, 1.82) is 0 Å². The van der Waals surface area contributed by atoms with Gasteiger partial charge < -0.3 is 20.1 Å². The van der Waals surface area contributed by atoms with E-state index in [4.69, 9.17) is 4.74 Å². The highest BCUT2D eigenvalue weighted by Crippen LogP contribution is 2.39. The Morgan fingerprint density at radius 3 is 2.60 bits per heavy atom. The number of fused-ring (bicyclic) bond motifs is 1. The van der Waals surface area contributed by atoms with Gasteiger partial charge in [0.25, 0.3) is 0 Å². The first-order valence-electron chi connectivity index (χ1n) is 6.39. The zero-order valence-corrected chi connectivity index (χ0v) is 10.7. The average Bonchev–Trinajstić information content (AvgIpc) is 2.38. The lowest BCUT2D eigenvalue weighted by atomic mass is 9.91. The number of ether oxygens (including phenoxy) is 1. The van der Waals surface area contributed by atoms with Crippen LogP contribution >= 0.6 is 0 Å². The van der Waals surface area contributed by atoms with Gasteiger partial charge in [-0.2, -0.15) is 0 Å². The molecule has 0 aromatic heterocycles. The minimum absolute atomic E-state index is 0.119. The molecular formula is C15H14O5. The Morgan fingerprint density at radius 1 is 1.10 bits per heavy atom. The Morgan fingerprint density at radius 2 is 1.90 bits per heavy atom. The van der Waals surface area contributed by atoms with Gasteiger partial charge >= 0.3 is 0 Å². The molecule has 0 amide bonds. The topological polar surface area (TPSA) is 87.0 Å². The van der Waals surface area contributed by atoms with Crippen LogP contribution in [-0.4, -0.2) is 27.2 Å². The molecule has 0 saturated carbocycles. The van der Waals surface area contributed by atoms with Gasteiger partial charge in [-0.3, -0.25) is 4.79 Å². The van der Waals surface area contributed by atoms with E-state index < -0.39 is 6.10 Å². The predicted octanol–water partition coefficient (Wildman–Crippen LogP) is 2.59. The number of Topliss-reactive ketones (excluding diaryl/α,β-unsaturated/α-hetero) is 1. The molecule has 5 nitrogen and oxygen atoms in total. The Kier molecular flexibility index (Phi) is 2.89. The number of carbonyl (C=O) groups excluding carboxylic acids is 1. The van der Waals surface area contributed by atoms with Crippen molar-refractivity contribution in [2.45, 2.75) is 25.4 Å². The SMILES string of the molecule is O=C1CC(C2=CC=C(O)CC2)Oc2cc(O)cc(O)c21. The summed E-state index contributed by atoms with van der Waals surface area (Å²) in [4.78, 5) is 12.1. The van der Waals surface area contributed by atoms with Gasteiger partial charge in [0.15, 0.2) is 5.78 Å². The summed E-state index contributed by atoms with van der Waals surface area (Å²) in [5.41, 5.74) is 1.04. The van der Waals surface area contributed by atoms with Gasteiger partial charge in [0.05, 0.1) is 12.2 Å². The van der Waals surface area contributed by atoms with Gasteiger partial charge in [0.1, 0.15) is 28.9 Å². The third-order valence-electron chi connectivity index (χ3n) is 3.56. The molecule has 3 N–H and O–H groups in total. The van der Waals surface area contributed by atoms with Crippen LogP contribution in [0.1, 0.15) is 29.6 Å². The third kappa shape index (κ3) is 2.11.